The van der Waals surface area contributed by atoms with Crippen LogP contribution in [0.3, 0.4) is 0 Å². The van der Waals surface area contributed by atoms with Gasteiger partial charge in [0, 0.05) is 22.2 Å². The third-order valence-corrected chi connectivity index (χ3v) is 6.02. The molecular formula is C27H23N3O6S. The monoisotopic (exact) mass is 517 g/mol. The van der Waals surface area contributed by atoms with Crippen LogP contribution < -0.4 is 15.8 Å². The Morgan fingerprint density at radius 3 is 2.24 bits per heavy atom. The van der Waals surface area contributed by atoms with Crippen molar-refractivity contribution < 1.29 is 26.9 Å². The molecular weight excluding hydrogens is 494 g/mol. The summed E-state index contributed by atoms with van der Waals surface area (Å²) in [5, 5.41) is 11.6. The molecule has 0 aliphatic heterocycles. The van der Waals surface area contributed by atoms with E-state index in [-0.39, 0.29) is 17.0 Å². The van der Waals surface area contributed by atoms with Crippen LogP contribution in [0, 0.1) is 5.41 Å². The fourth-order valence-electron chi connectivity index (χ4n) is 3.90. The van der Waals surface area contributed by atoms with Gasteiger partial charge in [0.05, 0.1) is 18.9 Å². The molecule has 4 aromatic rings. The molecule has 1 amide bonds. The van der Waals surface area contributed by atoms with Crippen LogP contribution in [0.5, 0.6) is 5.75 Å². The fourth-order valence-corrected chi connectivity index (χ4v) is 4.26. The van der Waals surface area contributed by atoms with Crippen LogP contribution in [0.2, 0.25) is 0 Å². The number of ether oxygens (including phenoxy) is 1. The van der Waals surface area contributed by atoms with Gasteiger partial charge in [0.15, 0.2) is 0 Å². The summed E-state index contributed by atoms with van der Waals surface area (Å²) < 4.78 is 33.6. The molecule has 0 spiro atoms. The van der Waals surface area contributed by atoms with Gasteiger partial charge in [-0.25, -0.2) is 4.79 Å². The van der Waals surface area contributed by atoms with E-state index in [2.05, 4.69) is 5.32 Å². The van der Waals surface area contributed by atoms with E-state index >= 15 is 0 Å². The molecule has 0 fully saturated rings. The third kappa shape index (κ3) is 5.60. The second kappa shape index (κ2) is 10.1. The Bertz CT molecular complexity index is 1650. The Morgan fingerprint density at radius 2 is 1.59 bits per heavy atom. The maximum Gasteiger partial charge on any atom is 0.354 e. The molecule has 188 valence electrons. The van der Waals surface area contributed by atoms with Crippen LogP contribution in [0.25, 0.3) is 21.9 Å². The molecule has 10 heteroatoms. The largest absolute Gasteiger partial charge is 0.496 e. The standard InChI is InChI=1S/C27H23N3O6S/c1-35-24-9-5-6-17-14-23(27(32)36-37(2,33)34)22(15-21(17)24)19-7-3-4-8-20(19)26(31)30-18-12-10-16(11-13-18)25(28)29/h3-15H,1-2H3,(H3,28,29)(H,30,31). The number of carbonyl (C=O) groups is 2. The summed E-state index contributed by atoms with van der Waals surface area (Å²) in [6, 6.07) is 21.5. The Hall–Kier alpha value is -4.70. The molecule has 9 nitrogen and oxygen atoms in total. The topological polar surface area (TPSA) is 149 Å². The predicted molar refractivity (Wildman–Crippen MR) is 142 cm³/mol. The van der Waals surface area contributed by atoms with Gasteiger partial charge in [-0.05, 0) is 65.0 Å². The summed E-state index contributed by atoms with van der Waals surface area (Å²) in [7, 11) is -2.58. The minimum absolute atomic E-state index is 0.0303. The first-order valence-corrected chi connectivity index (χ1v) is 12.8. The Balaban J connectivity index is 1.85. The predicted octanol–water partition coefficient (Wildman–Crippen LogP) is 4.17. The first-order valence-electron chi connectivity index (χ1n) is 11.0. The third-order valence-electron chi connectivity index (χ3n) is 5.56. The number of methoxy groups -OCH3 is 1. The highest BCUT2D eigenvalue weighted by Crippen LogP contribution is 2.35. The SMILES string of the molecule is COc1cccc2cc(C(=O)OS(C)(=O)=O)c(-c3ccccc3C(=O)Nc3ccc(C(=N)N)cc3)cc12. The Morgan fingerprint density at radius 1 is 0.892 bits per heavy atom. The van der Waals surface area contributed by atoms with Gasteiger partial charge in [-0.15, -0.1) is 0 Å². The zero-order chi connectivity index (χ0) is 26.7. The van der Waals surface area contributed by atoms with E-state index in [0.717, 1.165) is 6.26 Å². The van der Waals surface area contributed by atoms with Crippen molar-refractivity contribution in [2.45, 2.75) is 0 Å². The van der Waals surface area contributed by atoms with Crippen molar-refractivity contribution in [3.05, 3.63) is 95.6 Å². The number of hydrogen-bond acceptors (Lipinski definition) is 7. The lowest BCUT2D eigenvalue weighted by molar-refractivity contribution is 0.0749. The van der Waals surface area contributed by atoms with Crippen LogP contribution in [0.15, 0.2) is 78.9 Å². The summed E-state index contributed by atoms with van der Waals surface area (Å²) in [4.78, 5) is 26.3. The van der Waals surface area contributed by atoms with Gasteiger partial charge in [0.2, 0.25) is 0 Å². The number of rotatable bonds is 7. The van der Waals surface area contributed by atoms with Gasteiger partial charge >= 0.3 is 16.1 Å². The quantitative estimate of drug-likeness (QED) is 0.189. The highest BCUT2D eigenvalue weighted by Gasteiger charge is 2.23. The number of nitrogens with one attached hydrogen (secondary N) is 2. The van der Waals surface area contributed by atoms with Crippen molar-refractivity contribution in [1.82, 2.24) is 0 Å². The van der Waals surface area contributed by atoms with Crippen molar-refractivity contribution >= 4 is 44.3 Å². The zero-order valence-corrected chi connectivity index (χ0v) is 20.8. The van der Waals surface area contributed by atoms with Gasteiger partial charge in [0.1, 0.15) is 11.6 Å². The molecule has 0 unspecified atom stereocenters. The summed E-state index contributed by atoms with van der Waals surface area (Å²) in [6.45, 7) is 0. The normalized spacial score (nSPS) is 11.1. The van der Waals surface area contributed by atoms with Crippen LogP contribution in [-0.4, -0.2) is 39.5 Å². The molecule has 4 rings (SSSR count). The van der Waals surface area contributed by atoms with Crippen molar-refractivity contribution in [2.75, 3.05) is 18.7 Å². The van der Waals surface area contributed by atoms with Crippen LogP contribution >= 0.6 is 0 Å². The van der Waals surface area contributed by atoms with Gasteiger partial charge in [0.25, 0.3) is 5.91 Å². The summed E-state index contributed by atoms with van der Waals surface area (Å²) in [5.74, 6) is -1.09. The van der Waals surface area contributed by atoms with E-state index in [9.17, 15) is 18.0 Å². The van der Waals surface area contributed by atoms with Crippen LogP contribution in [0.4, 0.5) is 5.69 Å². The molecule has 0 atom stereocenters. The minimum Gasteiger partial charge on any atom is -0.496 e. The molecule has 0 heterocycles. The summed E-state index contributed by atoms with van der Waals surface area (Å²) in [5.41, 5.74) is 7.36. The lowest BCUT2D eigenvalue weighted by atomic mass is 9.92. The molecule has 0 aromatic heterocycles. The van der Waals surface area contributed by atoms with Crippen molar-refractivity contribution in [2.24, 2.45) is 5.73 Å². The molecule has 0 saturated carbocycles. The van der Waals surface area contributed by atoms with Crippen LogP contribution in [-0.2, 0) is 14.3 Å². The first kappa shape index (κ1) is 25.4. The van der Waals surface area contributed by atoms with Crippen molar-refractivity contribution in [3.8, 4) is 16.9 Å². The molecule has 37 heavy (non-hydrogen) atoms. The van der Waals surface area contributed by atoms with E-state index in [1.165, 1.54) is 13.2 Å². The molecule has 4 N–H and O–H groups in total. The van der Waals surface area contributed by atoms with Crippen LogP contribution in [0.1, 0.15) is 26.3 Å². The summed E-state index contributed by atoms with van der Waals surface area (Å²) in [6.07, 6.45) is 0.785. The number of amides is 1. The summed E-state index contributed by atoms with van der Waals surface area (Å²) >= 11 is 0. The van der Waals surface area contributed by atoms with Gasteiger partial charge < -0.3 is 20.0 Å². The van der Waals surface area contributed by atoms with E-state index < -0.39 is 22.0 Å². The Kier molecular flexibility index (Phi) is 6.94. The highest BCUT2D eigenvalue weighted by atomic mass is 32.2. The van der Waals surface area contributed by atoms with E-state index in [1.54, 1.807) is 72.8 Å². The van der Waals surface area contributed by atoms with Gasteiger partial charge in [-0.3, -0.25) is 10.2 Å². The maximum atomic E-state index is 13.3. The molecule has 0 aliphatic carbocycles. The Labute approximate surface area is 213 Å². The first-order chi connectivity index (χ1) is 17.6. The van der Waals surface area contributed by atoms with E-state index in [4.69, 9.17) is 20.1 Å². The number of amidine groups is 1. The smallest absolute Gasteiger partial charge is 0.354 e. The molecule has 0 bridgehead atoms. The maximum absolute atomic E-state index is 13.3. The van der Waals surface area contributed by atoms with Gasteiger partial charge in [-0.2, -0.15) is 8.42 Å². The number of fused-ring (bicyclic) bond motifs is 1. The number of nitrogen functional groups attached to an aromatic ring is 1. The second-order valence-corrected chi connectivity index (χ2v) is 9.72. The number of benzene rings is 4. The fraction of sp³-hybridized carbons (Fsp3) is 0.0741. The molecule has 0 aliphatic rings. The minimum atomic E-state index is -4.09. The van der Waals surface area contributed by atoms with E-state index in [1.807, 2.05) is 0 Å². The zero-order valence-electron chi connectivity index (χ0n) is 19.9. The lowest BCUT2D eigenvalue weighted by Gasteiger charge is -2.16. The second-order valence-electron chi connectivity index (χ2n) is 8.14. The van der Waals surface area contributed by atoms with Gasteiger partial charge in [-0.1, -0.05) is 30.3 Å². The molecule has 0 radical (unpaired) electrons. The average molecular weight is 518 g/mol. The number of anilines is 1. The van der Waals surface area contributed by atoms with E-state index in [0.29, 0.717) is 38.9 Å². The average Bonchev–Trinajstić information content (AvgIpc) is 2.86. The lowest BCUT2D eigenvalue weighted by Crippen LogP contribution is -2.16. The molecule has 0 saturated heterocycles. The van der Waals surface area contributed by atoms with Crippen molar-refractivity contribution in [3.63, 3.8) is 0 Å². The number of nitrogens with two attached hydrogens (primary N) is 1. The number of carbonyl (C=O) groups excluding carboxylic acids is 2. The molecule has 4 aromatic carbocycles. The van der Waals surface area contributed by atoms with Crippen molar-refractivity contribution in [1.29, 1.82) is 5.41 Å². The highest BCUT2D eigenvalue weighted by molar-refractivity contribution is 7.86. The number of hydrogen-bond donors (Lipinski definition) is 3.